The molecule has 3 N–H and O–H groups in total. The highest BCUT2D eigenvalue weighted by molar-refractivity contribution is 6.35. The number of carbonyl (C=O) groups is 3. The lowest BCUT2D eigenvalue weighted by molar-refractivity contribution is -0.132. The molecule has 5 bridgehead atoms. The number of nitrogens with one attached hydrogen (secondary N) is 3. The summed E-state index contributed by atoms with van der Waals surface area (Å²) in [6.07, 6.45) is 8.40. The lowest BCUT2D eigenvalue weighted by atomic mass is 9.79. The Bertz CT molecular complexity index is 1890. The second-order valence-electron chi connectivity index (χ2n) is 12.0. The predicted molar refractivity (Wildman–Crippen MR) is 173 cm³/mol. The molecule has 0 fully saturated rings. The highest BCUT2D eigenvalue weighted by atomic mass is 35.5. The third kappa shape index (κ3) is 5.66. The van der Waals surface area contributed by atoms with Crippen molar-refractivity contribution < 1.29 is 23.9 Å². The number of benzene rings is 2. The number of aromatic amines is 1. The third-order valence-electron chi connectivity index (χ3n) is 8.99. The van der Waals surface area contributed by atoms with E-state index in [2.05, 4.69) is 25.8 Å². The molecule has 0 saturated carbocycles. The lowest BCUT2D eigenvalue weighted by Crippen LogP contribution is -2.49. The van der Waals surface area contributed by atoms with E-state index in [1.165, 1.54) is 0 Å². The number of carbonyl (C=O) groups excluding carboxylic acids is 3. The summed E-state index contributed by atoms with van der Waals surface area (Å²) in [6, 6.07) is 10.3. The van der Waals surface area contributed by atoms with E-state index in [1.54, 1.807) is 36.5 Å². The van der Waals surface area contributed by atoms with Crippen molar-refractivity contribution in [2.45, 2.75) is 30.7 Å². The van der Waals surface area contributed by atoms with Crippen LogP contribution in [-0.2, 0) is 43.7 Å². The first-order valence-electron chi connectivity index (χ1n) is 15.2. The molecule has 11 nitrogen and oxygen atoms in total. The van der Waals surface area contributed by atoms with E-state index in [0.717, 1.165) is 33.2 Å². The van der Waals surface area contributed by atoms with Gasteiger partial charge in [-0.1, -0.05) is 29.8 Å². The number of hydrogen-bond acceptors (Lipinski definition) is 7. The van der Waals surface area contributed by atoms with Gasteiger partial charge in [-0.05, 0) is 65.4 Å². The van der Waals surface area contributed by atoms with Crippen LogP contribution in [0.1, 0.15) is 38.2 Å². The number of H-pyrrole nitrogens is 1. The molecule has 3 aliphatic rings. The van der Waals surface area contributed by atoms with Crippen LogP contribution < -0.4 is 10.6 Å². The molecule has 0 saturated heterocycles. The summed E-state index contributed by atoms with van der Waals surface area (Å²) in [5.41, 5.74) is 4.74. The molecule has 3 amide bonds. The number of hydrogen-bond donors (Lipinski definition) is 3. The molecule has 46 heavy (non-hydrogen) atoms. The third-order valence-corrected chi connectivity index (χ3v) is 9.29. The summed E-state index contributed by atoms with van der Waals surface area (Å²) < 4.78 is 11.4. The van der Waals surface area contributed by atoms with Gasteiger partial charge in [-0.25, -0.2) is 4.98 Å². The van der Waals surface area contributed by atoms with Crippen molar-refractivity contribution in [3.63, 3.8) is 0 Å². The number of nitrogens with zero attached hydrogens (tertiary/aromatic N) is 3. The largest absolute Gasteiger partial charge is 0.377 e. The van der Waals surface area contributed by atoms with Gasteiger partial charge in [-0.15, -0.1) is 0 Å². The first kappa shape index (κ1) is 30.1. The second kappa shape index (κ2) is 12.3. The van der Waals surface area contributed by atoms with Crippen LogP contribution in [0.15, 0.2) is 54.9 Å². The minimum Gasteiger partial charge on any atom is -0.377 e. The Hall–Kier alpha value is -4.58. The second-order valence-corrected chi connectivity index (χ2v) is 12.4. The standard InChI is InChI=1S/C34H33ClN6O5/c1-41-6-8-46-10-9-45-7-2-3-20-12-26-30(36-18-20)39-33(44)34(26)16-23-5-4-22(15-24(23)17-34)31(42)38-28(32(41)43)14-21-11-25-19-37-40-29(25)27(35)13-21/h2-5,11-13,15,18-19,28H,6-10,14,16-17H2,1H3,(H,37,40)(H,38,42)(H,36,39,44)/b3-2+/t28-,34-/m1/s1. The molecule has 2 aliphatic heterocycles. The fraction of sp³-hybridized carbons (Fsp3) is 0.324. The average Bonchev–Trinajstić information content (AvgIpc) is 3.75. The van der Waals surface area contributed by atoms with E-state index in [-0.39, 0.29) is 24.1 Å². The number of likely N-dealkylation sites (N-methyl/N-ethyl adjacent to an activating group) is 1. The zero-order valence-corrected chi connectivity index (χ0v) is 26.0. The number of amides is 3. The highest BCUT2D eigenvalue weighted by Crippen LogP contribution is 2.47. The Balaban J connectivity index is 1.20. The number of aromatic nitrogens is 3. The van der Waals surface area contributed by atoms with Gasteiger partial charge in [0, 0.05) is 42.7 Å². The monoisotopic (exact) mass is 640 g/mol. The van der Waals surface area contributed by atoms with E-state index in [4.69, 9.17) is 21.1 Å². The summed E-state index contributed by atoms with van der Waals surface area (Å²) in [7, 11) is 1.69. The zero-order valence-electron chi connectivity index (χ0n) is 25.3. The fourth-order valence-electron chi connectivity index (χ4n) is 6.55. The molecule has 7 rings (SSSR count). The van der Waals surface area contributed by atoms with Crippen LogP contribution in [-0.4, -0.2) is 83.9 Å². The Morgan fingerprint density at radius 2 is 1.87 bits per heavy atom. The molecule has 2 aromatic carbocycles. The molecular formula is C34H33ClN6O5. The van der Waals surface area contributed by atoms with Gasteiger partial charge in [-0.3, -0.25) is 19.5 Å². The number of pyridine rings is 1. The maximum Gasteiger partial charge on any atom is 0.251 e. The molecule has 0 radical (unpaired) electrons. The number of rotatable bonds is 2. The van der Waals surface area contributed by atoms with Crippen molar-refractivity contribution in [1.29, 1.82) is 0 Å². The summed E-state index contributed by atoms with van der Waals surface area (Å²) in [6.45, 7) is 1.80. The van der Waals surface area contributed by atoms with Crippen molar-refractivity contribution in [1.82, 2.24) is 25.4 Å². The minimum absolute atomic E-state index is 0.0990. The van der Waals surface area contributed by atoms with E-state index in [9.17, 15) is 14.4 Å². The Morgan fingerprint density at radius 3 is 2.76 bits per heavy atom. The summed E-state index contributed by atoms with van der Waals surface area (Å²) >= 11 is 6.49. The Kier molecular flexibility index (Phi) is 8.06. The van der Waals surface area contributed by atoms with E-state index in [0.29, 0.717) is 67.7 Å². The smallest absolute Gasteiger partial charge is 0.251 e. The quantitative estimate of drug-likeness (QED) is 0.305. The average molecular weight is 641 g/mol. The first-order valence-corrected chi connectivity index (χ1v) is 15.6. The topological polar surface area (TPSA) is 139 Å². The summed E-state index contributed by atoms with van der Waals surface area (Å²) in [4.78, 5) is 47.0. The minimum atomic E-state index is -0.873. The van der Waals surface area contributed by atoms with Gasteiger partial charge in [0.15, 0.2) is 0 Å². The van der Waals surface area contributed by atoms with Gasteiger partial charge in [-0.2, -0.15) is 5.10 Å². The molecule has 0 unspecified atom stereocenters. The summed E-state index contributed by atoms with van der Waals surface area (Å²) in [5, 5.41) is 14.2. The normalized spacial score (nSPS) is 22.8. The van der Waals surface area contributed by atoms with Crippen molar-refractivity contribution >= 4 is 52.1 Å². The van der Waals surface area contributed by atoms with Crippen molar-refractivity contribution in [2.75, 3.05) is 45.3 Å². The van der Waals surface area contributed by atoms with E-state index >= 15 is 0 Å². The van der Waals surface area contributed by atoms with Crippen LogP contribution in [0.2, 0.25) is 5.02 Å². The SMILES string of the molecule is CN1CCOCCOC/C=C/c2cnc3c(c2)[C@]2(Cc4ccc(cc4C2)C(=O)N[C@H](Cc2cc(Cl)c4[nH]ncc4c2)C1=O)C(=O)N3. The van der Waals surface area contributed by atoms with Crippen LogP contribution in [0.3, 0.4) is 0 Å². The molecule has 2 aromatic heterocycles. The predicted octanol–water partition coefficient (Wildman–Crippen LogP) is 3.46. The number of anilines is 1. The maximum atomic E-state index is 13.8. The van der Waals surface area contributed by atoms with Crippen molar-refractivity contribution in [2.24, 2.45) is 0 Å². The van der Waals surface area contributed by atoms with Gasteiger partial charge in [0.05, 0.1) is 48.6 Å². The van der Waals surface area contributed by atoms with Gasteiger partial charge < -0.3 is 25.0 Å². The molecule has 2 atom stereocenters. The van der Waals surface area contributed by atoms with Crippen molar-refractivity contribution in [3.8, 4) is 0 Å². The first-order chi connectivity index (χ1) is 22.3. The zero-order chi connectivity index (χ0) is 31.8. The summed E-state index contributed by atoms with van der Waals surface area (Å²) in [5.74, 6) is -0.175. The number of ether oxygens (including phenoxy) is 2. The molecule has 1 aliphatic carbocycles. The lowest BCUT2D eigenvalue weighted by Gasteiger charge is -2.25. The Morgan fingerprint density at radius 1 is 1.02 bits per heavy atom. The van der Waals surface area contributed by atoms with E-state index in [1.807, 2.05) is 36.4 Å². The van der Waals surface area contributed by atoms with Crippen molar-refractivity contribution in [3.05, 3.63) is 93.3 Å². The molecular weight excluding hydrogens is 608 g/mol. The molecule has 4 heterocycles. The van der Waals surface area contributed by atoms with Gasteiger partial charge in [0.25, 0.3) is 5.91 Å². The molecule has 1 spiro atoms. The van der Waals surface area contributed by atoms with Crippen LogP contribution in [0.4, 0.5) is 5.82 Å². The number of halogens is 1. The Labute approximate surface area is 270 Å². The van der Waals surface area contributed by atoms with Crippen LogP contribution in [0, 0.1) is 0 Å². The van der Waals surface area contributed by atoms with E-state index < -0.39 is 11.5 Å². The van der Waals surface area contributed by atoms with Crippen LogP contribution in [0.25, 0.3) is 17.0 Å². The maximum absolute atomic E-state index is 13.8. The van der Waals surface area contributed by atoms with Crippen LogP contribution >= 0.6 is 11.6 Å². The highest BCUT2D eigenvalue weighted by Gasteiger charge is 2.51. The van der Waals surface area contributed by atoms with Gasteiger partial charge in [0.1, 0.15) is 11.9 Å². The molecule has 12 heteroatoms. The fourth-order valence-corrected chi connectivity index (χ4v) is 6.85. The van der Waals surface area contributed by atoms with Gasteiger partial charge in [0.2, 0.25) is 11.8 Å². The molecule has 4 aromatic rings. The van der Waals surface area contributed by atoms with Gasteiger partial charge >= 0.3 is 0 Å². The molecule has 236 valence electrons. The van der Waals surface area contributed by atoms with Crippen LogP contribution in [0.5, 0.6) is 0 Å². The number of fused-ring (bicyclic) bond motifs is 3.